The highest BCUT2D eigenvalue weighted by molar-refractivity contribution is 7.13. The highest BCUT2D eigenvalue weighted by Gasteiger charge is 2.13. The van der Waals surface area contributed by atoms with Crippen molar-refractivity contribution < 1.29 is 14.3 Å². The SMILES string of the molecule is N#CC(=Cc1ccc(OCc2ccccc2)c(OCc2ccccc2)c1)C(=O)Nc1nncs1. The molecule has 0 fully saturated rings. The first-order valence-corrected chi connectivity index (χ1v) is 11.3. The number of hydrogen-bond donors (Lipinski definition) is 1. The molecule has 0 atom stereocenters. The van der Waals surface area contributed by atoms with Gasteiger partial charge in [-0.05, 0) is 34.9 Å². The topological polar surface area (TPSA) is 97.1 Å². The fraction of sp³-hybridized carbons (Fsp3) is 0.0769. The van der Waals surface area contributed by atoms with Gasteiger partial charge in [0.25, 0.3) is 5.91 Å². The number of hydrogen-bond acceptors (Lipinski definition) is 7. The summed E-state index contributed by atoms with van der Waals surface area (Å²) >= 11 is 1.17. The van der Waals surface area contributed by atoms with Crippen LogP contribution < -0.4 is 14.8 Å². The molecule has 0 aliphatic carbocycles. The molecule has 0 saturated heterocycles. The Labute approximate surface area is 200 Å². The molecule has 1 amide bonds. The molecule has 4 aromatic rings. The molecular formula is C26H20N4O3S. The van der Waals surface area contributed by atoms with Gasteiger partial charge in [-0.1, -0.05) is 78.1 Å². The van der Waals surface area contributed by atoms with Crippen molar-refractivity contribution in [1.29, 1.82) is 5.26 Å². The van der Waals surface area contributed by atoms with Crippen molar-refractivity contribution in [1.82, 2.24) is 10.2 Å². The minimum Gasteiger partial charge on any atom is -0.485 e. The molecule has 3 aromatic carbocycles. The second kappa shape index (κ2) is 11.4. The molecule has 1 aromatic heterocycles. The Hall–Kier alpha value is -4.48. The number of nitrogens with one attached hydrogen (secondary N) is 1. The van der Waals surface area contributed by atoms with Crippen molar-refractivity contribution in [3.05, 3.63) is 107 Å². The van der Waals surface area contributed by atoms with Crippen molar-refractivity contribution in [2.45, 2.75) is 13.2 Å². The largest absolute Gasteiger partial charge is 0.485 e. The molecular weight excluding hydrogens is 448 g/mol. The normalized spacial score (nSPS) is 10.9. The molecule has 4 rings (SSSR count). The van der Waals surface area contributed by atoms with Crippen LogP contribution in [0.5, 0.6) is 11.5 Å². The Bertz CT molecular complexity index is 1300. The Morgan fingerprint density at radius 3 is 2.18 bits per heavy atom. The van der Waals surface area contributed by atoms with Gasteiger partial charge in [0, 0.05) is 0 Å². The quantitative estimate of drug-likeness (QED) is 0.266. The van der Waals surface area contributed by atoms with Gasteiger partial charge >= 0.3 is 0 Å². The molecule has 0 unspecified atom stereocenters. The van der Waals surface area contributed by atoms with Gasteiger partial charge in [-0.2, -0.15) is 5.26 Å². The van der Waals surface area contributed by atoms with Crippen LogP contribution in [0.1, 0.15) is 16.7 Å². The van der Waals surface area contributed by atoms with Crippen LogP contribution in [-0.4, -0.2) is 16.1 Å². The number of carbonyl (C=O) groups is 1. The van der Waals surface area contributed by atoms with E-state index in [2.05, 4.69) is 15.5 Å². The van der Waals surface area contributed by atoms with Gasteiger partial charge in [-0.3, -0.25) is 10.1 Å². The predicted molar refractivity (Wildman–Crippen MR) is 130 cm³/mol. The lowest BCUT2D eigenvalue weighted by atomic mass is 10.1. The summed E-state index contributed by atoms with van der Waals surface area (Å²) in [6, 6.07) is 26.8. The number of anilines is 1. The minimum atomic E-state index is -0.560. The average molecular weight is 469 g/mol. The molecule has 7 nitrogen and oxygen atoms in total. The lowest BCUT2D eigenvalue weighted by molar-refractivity contribution is -0.112. The summed E-state index contributed by atoms with van der Waals surface area (Å²) in [4.78, 5) is 12.4. The highest BCUT2D eigenvalue weighted by Crippen LogP contribution is 2.31. The van der Waals surface area contributed by atoms with Crippen molar-refractivity contribution >= 4 is 28.5 Å². The standard InChI is InChI=1S/C26H20N4O3S/c27-15-22(25(31)29-26-30-28-18-34-26)13-21-11-12-23(32-16-19-7-3-1-4-8-19)24(14-21)33-17-20-9-5-2-6-10-20/h1-14,18H,16-17H2,(H,29,30,31). The van der Waals surface area contributed by atoms with Crippen LogP contribution in [-0.2, 0) is 18.0 Å². The maximum absolute atomic E-state index is 12.4. The van der Waals surface area contributed by atoms with Gasteiger partial charge in [-0.25, -0.2) is 0 Å². The van der Waals surface area contributed by atoms with Crippen molar-refractivity contribution in [2.24, 2.45) is 0 Å². The van der Waals surface area contributed by atoms with E-state index in [0.29, 0.717) is 35.4 Å². The zero-order valence-corrected chi connectivity index (χ0v) is 18.9. The van der Waals surface area contributed by atoms with Crippen LogP contribution in [0.4, 0.5) is 5.13 Å². The molecule has 0 radical (unpaired) electrons. The van der Waals surface area contributed by atoms with Crippen molar-refractivity contribution in [3.8, 4) is 17.6 Å². The van der Waals surface area contributed by atoms with Crippen LogP contribution in [0, 0.1) is 11.3 Å². The van der Waals surface area contributed by atoms with E-state index in [1.165, 1.54) is 22.9 Å². The predicted octanol–water partition coefficient (Wildman–Crippen LogP) is 5.24. The second-order valence-electron chi connectivity index (χ2n) is 7.12. The first kappa shape index (κ1) is 22.7. The fourth-order valence-electron chi connectivity index (χ4n) is 3.02. The van der Waals surface area contributed by atoms with Gasteiger partial charge in [-0.15, -0.1) is 10.2 Å². The summed E-state index contributed by atoms with van der Waals surface area (Å²) in [5.74, 6) is 0.513. The zero-order valence-electron chi connectivity index (χ0n) is 18.0. The second-order valence-corrected chi connectivity index (χ2v) is 7.96. The number of rotatable bonds is 9. The first-order valence-electron chi connectivity index (χ1n) is 10.4. The molecule has 168 valence electrons. The van der Waals surface area contributed by atoms with Crippen LogP contribution in [0.25, 0.3) is 6.08 Å². The molecule has 0 saturated carbocycles. The van der Waals surface area contributed by atoms with E-state index in [-0.39, 0.29) is 5.57 Å². The number of aromatic nitrogens is 2. The number of benzene rings is 3. The van der Waals surface area contributed by atoms with E-state index in [1.807, 2.05) is 66.7 Å². The van der Waals surface area contributed by atoms with Crippen molar-refractivity contribution in [3.63, 3.8) is 0 Å². The monoisotopic (exact) mass is 468 g/mol. The summed E-state index contributed by atoms with van der Waals surface area (Å²) in [6.07, 6.45) is 1.49. The number of nitrogens with zero attached hydrogens (tertiary/aromatic N) is 3. The van der Waals surface area contributed by atoms with Gasteiger partial charge in [0.15, 0.2) is 11.5 Å². The number of ether oxygens (including phenoxy) is 2. The fourth-order valence-corrected chi connectivity index (χ4v) is 3.46. The van der Waals surface area contributed by atoms with Crippen LogP contribution in [0.3, 0.4) is 0 Å². The Balaban J connectivity index is 1.56. The Kier molecular flexibility index (Phi) is 7.62. The van der Waals surface area contributed by atoms with E-state index in [9.17, 15) is 10.1 Å². The van der Waals surface area contributed by atoms with E-state index in [4.69, 9.17) is 9.47 Å². The van der Waals surface area contributed by atoms with E-state index < -0.39 is 5.91 Å². The zero-order chi connectivity index (χ0) is 23.6. The minimum absolute atomic E-state index is 0.0674. The summed E-state index contributed by atoms with van der Waals surface area (Å²) in [6.45, 7) is 0.726. The number of nitriles is 1. The maximum atomic E-state index is 12.4. The molecule has 1 N–H and O–H groups in total. The van der Waals surface area contributed by atoms with E-state index in [1.54, 1.807) is 18.2 Å². The highest BCUT2D eigenvalue weighted by atomic mass is 32.1. The van der Waals surface area contributed by atoms with Crippen LogP contribution in [0.15, 0.2) is 89.9 Å². The molecule has 0 spiro atoms. The van der Waals surface area contributed by atoms with Gasteiger partial charge in [0.1, 0.15) is 30.4 Å². The molecule has 0 bridgehead atoms. The summed E-state index contributed by atoms with van der Waals surface area (Å²) in [5.41, 5.74) is 4.09. The maximum Gasteiger partial charge on any atom is 0.268 e. The number of carbonyl (C=O) groups excluding carboxylic acids is 1. The molecule has 8 heteroatoms. The molecule has 1 heterocycles. The van der Waals surface area contributed by atoms with Gasteiger partial charge in [0.2, 0.25) is 5.13 Å². The third kappa shape index (κ3) is 6.28. The third-order valence-electron chi connectivity index (χ3n) is 4.70. The number of amides is 1. The Morgan fingerprint density at radius 2 is 1.59 bits per heavy atom. The van der Waals surface area contributed by atoms with Crippen molar-refractivity contribution in [2.75, 3.05) is 5.32 Å². The van der Waals surface area contributed by atoms with Gasteiger partial charge in [0.05, 0.1) is 0 Å². The lowest BCUT2D eigenvalue weighted by Crippen LogP contribution is -2.13. The van der Waals surface area contributed by atoms with E-state index in [0.717, 1.165) is 11.1 Å². The lowest BCUT2D eigenvalue weighted by Gasteiger charge is -2.14. The smallest absolute Gasteiger partial charge is 0.268 e. The van der Waals surface area contributed by atoms with Crippen LogP contribution in [0.2, 0.25) is 0 Å². The summed E-state index contributed by atoms with van der Waals surface area (Å²) in [5, 5.41) is 19.8. The summed E-state index contributed by atoms with van der Waals surface area (Å²) in [7, 11) is 0. The third-order valence-corrected chi connectivity index (χ3v) is 5.31. The summed E-state index contributed by atoms with van der Waals surface area (Å²) < 4.78 is 12.1. The molecule has 34 heavy (non-hydrogen) atoms. The van der Waals surface area contributed by atoms with Crippen LogP contribution >= 0.6 is 11.3 Å². The van der Waals surface area contributed by atoms with E-state index >= 15 is 0 Å². The molecule has 0 aliphatic rings. The first-order chi connectivity index (χ1) is 16.7. The Morgan fingerprint density at radius 1 is 0.941 bits per heavy atom. The molecule has 0 aliphatic heterocycles. The van der Waals surface area contributed by atoms with Gasteiger partial charge < -0.3 is 9.47 Å². The average Bonchev–Trinajstić information content (AvgIpc) is 3.39.